The van der Waals surface area contributed by atoms with Gasteiger partial charge in [0.15, 0.2) is 5.78 Å². The third-order valence-corrected chi connectivity index (χ3v) is 7.30. The van der Waals surface area contributed by atoms with Gasteiger partial charge in [-0.05, 0) is 55.3 Å². The van der Waals surface area contributed by atoms with Crippen molar-refractivity contribution < 1.29 is 30.0 Å². The number of allylic oxidation sites excluding steroid dienone is 2. The second kappa shape index (κ2) is 11.9. The zero-order valence-corrected chi connectivity index (χ0v) is 24.5. The number of carbonyl (C=O) groups is 1. The number of aryl methyl sites for hydroxylation is 1. The first-order chi connectivity index (χ1) is 17.9. The summed E-state index contributed by atoms with van der Waals surface area (Å²) in [5, 5.41) is 9.57. The summed E-state index contributed by atoms with van der Waals surface area (Å²) >= 11 is 1.83. The summed E-state index contributed by atoms with van der Waals surface area (Å²) in [5.41, 5.74) is 9.32. The number of aromatic nitrogens is 1. The molecule has 38 heavy (non-hydrogen) atoms. The van der Waals surface area contributed by atoms with Gasteiger partial charge in [0.05, 0.1) is 11.3 Å². The molecule has 1 N–H and O–H groups in total. The van der Waals surface area contributed by atoms with E-state index in [9.17, 15) is 4.79 Å². The Morgan fingerprint density at radius 1 is 0.842 bits per heavy atom. The molecular formula is C33H26IrNO2S-. The molecule has 0 unspecified atom stereocenters. The number of carbonyl (C=O) groups excluding carboxylic acids is 1. The zero-order valence-electron chi connectivity index (χ0n) is 21.3. The van der Waals surface area contributed by atoms with Crippen molar-refractivity contribution in [3.05, 3.63) is 114 Å². The van der Waals surface area contributed by atoms with Crippen LogP contribution in [0.1, 0.15) is 19.4 Å². The van der Waals surface area contributed by atoms with E-state index in [1.54, 1.807) is 0 Å². The Kier molecular flexibility index (Phi) is 8.63. The Morgan fingerprint density at radius 2 is 1.53 bits per heavy atom. The number of pyridine rings is 1. The summed E-state index contributed by atoms with van der Waals surface area (Å²) in [5.74, 6) is -0.0625. The predicted octanol–water partition coefficient (Wildman–Crippen LogP) is 8.84. The number of hydrogen-bond donors (Lipinski definition) is 1. The van der Waals surface area contributed by atoms with Crippen LogP contribution in [0.15, 0.2) is 113 Å². The van der Waals surface area contributed by atoms with Crippen LogP contribution in [-0.2, 0) is 24.9 Å². The van der Waals surface area contributed by atoms with Gasteiger partial charge >= 0.3 is 0 Å². The van der Waals surface area contributed by atoms with Crippen molar-refractivity contribution >= 4 is 28.4 Å². The van der Waals surface area contributed by atoms with Gasteiger partial charge in [-0.25, -0.2) is 0 Å². The van der Waals surface area contributed by atoms with E-state index in [0.29, 0.717) is 0 Å². The molecule has 6 rings (SSSR count). The van der Waals surface area contributed by atoms with E-state index in [0.717, 1.165) is 16.8 Å². The summed E-state index contributed by atoms with van der Waals surface area (Å²) in [7, 11) is 0. The van der Waals surface area contributed by atoms with Gasteiger partial charge in [0.1, 0.15) is 0 Å². The minimum absolute atomic E-state index is 0. The smallest absolute Gasteiger partial charge is 0.155 e. The molecule has 1 aliphatic heterocycles. The Bertz CT molecular complexity index is 1670. The van der Waals surface area contributed by atoms with Gasteiger partial charge in [-0.3, -0.25) is 9.78 Å². The average Bonchev–Trinajstić information content (AvgIpc) is 3.02. The van der Waals surface area contributed by atoms with Gasteiger partial charge in [-0.15, -0.1) is 35.5 Å². The number of aliphatic hydroxyl groups excluding tert-OH is 1. The molecule has 0 spiro atoms. The van der Waals surface area contributed by atoms with Crippen molar-refractivity contribution in [3.8, 4) is 33.5 Å². The maximum Gasteiger partial charge on any atom is 0.155 e. The van der Waals surface area contributed by atoms with Crippen molar-refractivity contribution in [3.63, 3.8) is 0 Å². The number of benzene rings is 4. The van der Waals surface area contributed by atoms with Gasteiger partial charge in [0.2, 0.25) is 0 Å². The van der Waals surface area contributed by atoms with Crippen molar-refractivity contribution in [2.45, 2.75) is 30.6 Å². The van der Waals surface area contributed by atoms with Crippen LogP contribution in [0, 0.1) is 13.0 Å². The number of ketones is 1. The SMILES string of the molecule is CC(=O)/C=C(/C)O.Cc1cccc2nc(-c3[c-]cc4c(c3)Sc3ccccc3-c3ccccc3-4)ccc12.[Ir]. The summed E-state index contributed by atoms with van der Waals surface area (Å²) in [6, 6.07) is 35.7. The molecule has 0 saturated carbocycles. The van der Waals surface area contributed by atoms with E-state index in [2.05, 4.69) is 104 Å². The molecule has 3 nitrogen and oxygen atoms in total. The molecule has 0 atom stereocenters. The first-order valence-corrected chi connectivity index (χ1v) is 12.9. The Balaban J connectivity index is 0.000000375. The van der Waals surface area contributed by atoms with Crippen molar-refractivity contribution in [1.29, 1.82) is 0 Å². The van der Waals surface area contributed by atoms with Gasteiger partial charge in [0.25, 0.3) is 0 Å². The van der Waals surface area contributed by atoms with Crippen LogP contribution in [0.5, 0.6) is 0 Å². The molecule has 0 amide bonds. The molecule has 0 aliphatic carbocycles. The summed E-state index contributed by atoms with van der Waals surface area (Å²) in [6.45, 7) is 4.98. The molecule has 0 bridgehead atoms. The Morgan fingerprint density at radius 3 is 2.21 bits per heavy atom. The molecule has 5 heteroatoms. The topological polar surface area (TPSA) is 50.2 Å². The molecule has 0 saturated heterocycles. The monoisotopic (exact) mass is 693 g/mol. The average molecular weight is 693 g/mol. The molecule has 4 aromatic carbocycles. The minimum Gasteiger partial charge on any atom is -0.512 e. The van der Waals surface area contributed by atoms with Crippen molar-refractivity contribution in [2.24, 2.45) is 0 Å². The van der Waals surface area contributed by atoms with Crippen LogP contribution in [0.2, 0.25) is 0 Å². The molecule has 5 aromatic rings. The van der Waals surface area contributed by atoms with Crippen molar-refractivity contribution in [2.75, 3.05) is 0 Å². The molecule has 191 valence electrons. The summed E-state index contributed by atoms with van der Waals surface area (Å²) in [4.78, 5) is 17.5. The van der Waals surface area contributed by atoms with Crippen LogP contribution in [0.3, 0.4) is 0 Å². The van der Waals surface area contributed by atoms with E-state index in [4.69, 9.17) is 10.1 Å². The first kappa shape index (κ1) is 27.5. The Hall–Kier alpha value is -3.50. The van der Waals surface area contributed by atoms with Crippen LogP contribution < -0.4 is 0 Å². The number of hydrogen-bond acceptors (Lipinski definition) is 4. The number of rotatable bonds is 2. The first-order valence-electron chi connectivity index (χ1n) is 12.1. The number of nitrogens with zero attached hydrogens (tertiary/aromatic N) is 1. The van der Waals surface area contributed by atoms with E-state index >= 15 is 0 Å². The fourth-order valence-corrected chi connectivity index (χ4v) is 5.64. The molecule has 1 aliphatic rings. The third-order valence-electron chi connectivity index (χ3n) is 6.17. The molecular weight excluding hydrogens is 667 g/mol. The fraction of sp³-hybridized carbons (Fsp3) is 0.0909. The van der Waals surface area contributed by atoms with E-state index < -0.39 is 0 Å². The fourth-order valence-electron chi connectivity index (χ4n) is 4.52. The normalized spacial score (nSPS) is 11.6. The van der Waals surface area contributed by atoms with Crippen LogP contribution >= 0.6 is 11.8 Å². The van der Waals surface area contributed by atoms with Gasteiger partial charge < -0.3 is 5.11 Å². The molecule has 2 heterocycles. The van der Waals surface area contributed by atoms with Gasteiger partial charge in [-0.1, -0.05) is 82.8 Å². The van der Waals surface area contributed by atoms with Gasteiger partial charge in [-0.2, -0.15) is 0 Å². The second-order valence-electron chi connectivity index (χ2n) is 9.00. The number of aliphatic hydroxyl groups is 1. The number of fused-ring (bicyclic) bond motifs is 6. The Labute approximate surface area is 241 Å². The quantitative estimate of drug-likeness (QED) is 0.112. The summed E-state index contributed by atoms with van der Waals surface area (Å²) in [6.07, 6.45) is 1.17. The van der Waals surface area contributed by atoms with Crippen LogP contribution in [0.4, 0.5) is 0 Å². The largest absolute Gasteiger partial charge is 0.512 e. The van der Waals surface area contributed by atoms with Crippen LogP contribution in [-0.4, -0.2) is 15.9 Å². The predicted molar refractivity (Wildman–Crippen MR) is 153 cm³/mol. The van der Waals surface area contributed by atoms with E-state index in [1.165, 1.54) is 62.9 Å². The van der Waals surface area contributed by atoms with Crippen molar-refractivity contribution in [1.82, 2.24) is 4.98 Å². The minimum atomic E-state index is -0.125. The summed E-state index contributed by atoms with van der Waals surface area (Å²) < 4.78 is 0. The maximum atomic E-state index is 10.0. The molecule has 0 fully saturated rings. The zero-order chi connectivity index (χ0) is 25.9. The standard InChI is InChI=1S/C28H18NS.C5H8O2.Ir/c1-18-7-6-11-26-20(18)15-16-25(29-26)19-13-14-24-22-9-3-2-8-21(22)23-10-4-5-12-27(23)30-28(24)17-19;1-4(6)3-5(2)7;/h2-12,14-17H,1H3;3,6H,1-2H3;/q-1;;/b;4-3-;. The molecule has 1 radical (unpaired) electrons. The van der Waals surface area contributed by atoms with E-state index in [-0.39, 0.29) is 31.6 Å². The van der Waals surface area contributed by atoms with Gasteiger partial charge in [0, 0.05) is 36.5 Å². The third kappa shape index (κ3) is 5.81. The second-order valence-corrected chi connectivity index (χ2v) is 10.1. The van der Waals surface area contributed by atoms with Crippen LogP contribution in [0.25, 0.3) is 44.4 Å². The maximum absolute atomic E-state index is 10.0. The molecule has 1 aromatic heterocycles. The van der Waals surface area contributed by atoms with E-state index in [1.807, 2.05) is 11.8 Å².